The van der Waals surface area contributed by atoms with Crippen LogP contribution in [0.2, 0.25) is 0 Å². The Morgan fingerprint density at radius 3 is 2.61 bits per heavy atom. The maximum absolute atomic E-state index is 6.08. The van der Waals surface area contributed by atoms with Crippen LogP contribution >= 0.6 is 15.9 Å². The summed E-state index contributed by atoms with van der Waals surface area (Å²) in [6, 6.07) is 6.67. The number of rotatable bonds is 4. The molecule has 0 N–H and O–H groups in total. The molecule has 0 amide bonds. The molecule has 2 aliphatic carbocycles. The molecule has 0 atom stereocenters. The molecule has 0 aliphatic heterocycles. The van der Waals surface area contributed by atoms with Crippen molar-refractivity contribution in [2.75, 3.05) is 11.9 Å². The molecule has 1 aromatic carbocycles. The average molecular weight is 309 g/mol. The molecular formula is C16H21BrO. The van der Waals surface area contributed by atoms with E-state index in [1.165, 1.54) is 56.1 Å². The number of benzene rings is 1. The van der Waals surface area contributed by atoms with E-state index in [2.05, 4.69) is 34.1 Å². The van der Waals surface area contributed by atoms with Crippen LogP contribution in [0.5, 0.6) is 5.75 Å². The first kappa shape index (κ1) is 12.5. The maximum atomic E-state index is 6.08. The Bertz CT molecular complexity index is 421. The van der Waals surface area contributed by atoms with Crippen molar-refractivity contribution in [3.63, 3.8) is 0 Å². The van der Waals surface area contributed by atoms with Gasteiger partial charge in [-0.25, -0.2) is 0 Å². The summed E-state index contributed by atoms with van der Waals surface area (Å²) in [6.45, 7) is 0.872. The molecule has 0 heterocycles. The number of aryl methyl sites for hydroxylation is 2. The molecule has 1 saturated carbocycles. The van der Waals surface area contributed by atoms with E-state index in [0.717, 1.165) is 17.7 Å². The fourth-order valence-electron chi connectivity index (χ4n) is 3.32. The summed E-state index contributed by atoms with van der Waals surface area (Å²) in [4.78, 5) is 0. The van der Waals surface area contributed by atoms with Crippen LogP contribution in [0.25, 0.3) is 0 Å². The van der Waals surface area contributed by atoms with Crippen molar-refractivity contribution in [3.8, 4) is 5.75 Å². The fraction of sp³-hybridized carbons (Fsp3) is 0.625. The summed E-state index contributed by atoms with van der Waals surface area (Å²) in [5, 5.41) is 1.07. The number of ether oxygens (including phenoxy) is 1. The molecular weight excluding hydrogens is 288 g/mol. The van der Waals surface area contributed by atoms with E-state index in [9.17, 15) is 0 Å². The van der Waals surface area contributed by atoms with E-state index >= 15 is 0 Å². The Hall–Kier alpha value is -0.500. The lowest BCUT2D eigenvalue weighted by molar-refractivity contribution is 0.174. The summed E-state index contributed by atoms with van der Waals surface area (Å²) in [5.41, 5.74) is 3.42. The van der Waals surface area contributed by atoms with Crippen molar-refractivity contribution in [2.24, 2.45) is 5.41 Å². The molecule has 1 nitrogen and oxygen atoms in total. The Kier molecular flexibility index (Phi) is 3.65. The average Bonchev–Trinajstić information content (AvgIpc) is 3.05. The summed E-state index contributed by atoms with van der Waals surface area (Å²) >= 11 is 3.68. The fourth-order valence-corrected chi connectivity index (χ4v) is 4.04. The number of halogens is 1. The normalized spacial score (nSPS) is 20.9. The van der Waals surface area contributed by atoms with Gasteiger partial charge in [0.1, 0.15) is 5.75 Å². The zero-order valence-corrected chi connectivity index (χ0v) is 12.5. The van der Waals surface area contributed by atoms with Gasteiger partial charge in [0.2, 0.25) is 0 Å². The quantitative estimate of drug-likeness (QED) is 0.744. The van der Waals surface area contributed by atoms with Gasteiger partial charge in [-0.1, -0.05) is 34.8 Å². The summed E-state index contributed by atoms with van der Waals surface area (Å²) < 4.78 is 6.08. The molecule has 2 heteroatoms. The van der Waals surface area contributed by atoms with E-state index in [-0.39, 0.29) is 0 Å². The van der Waals surface area contributed by atoms with Gasteiger partial charge in [0.05, 0.1) is 6.61 Å². The summed E-state index contributed by atoms with van der Waals surface area (Å²) in [7, 11) is 0. The van der Waals surface area contributed by atoms with Crippen molar-refractivity contribution >= 4 is 15.9 Å². The second kappa shape index (κ2) is 5.24. The standard InChI is InChI=1S/C16H21BrO/c17-11-16(8-1-2-9-16)12-18-15-7-6-13-4-3-5-14(13)10-15/h6-7,10H,1-5,8-9,11-12H2. The third kappa shape index (κ3) is 2.45. The van der Waals surface area contributed by atoms with Crippen molar-refractivity contribution in [3.05, 3.63) is 29.3 Å². The SMILES string of the molecule is BrCC1(COc2ccc3c(c2)CCC3)CCCC1. The third-order valence-electron chi connectivity index (χ3n) is 4.56. The first-order chi connectivity index (χ1) is 8.81. The molecule has 0 radical (unpaired) electrons. The number of alkyl halides is 1. The molecule has 0 unspecified atom stereocenters. The molecule has 98 valence electrons. The van der Waals surface area contributed by atoms with Crippen molar-refractivity contribution in [1.82, 2.24) is 0 Å². The highest BCUT2D eigenvalue weighted by Gasteiger charge is 2.33. The molecule has 1 fully saturated rings. The molecule has 1 aromatic rings. The van der Waals surface area contributed by atoms with Crippen molar-refractivity contribution in [2.45, 2.75) is 44.9 Å². The van der Waals surface area contributed by atoms with Gasteiger partial charge >= 0.3 is 0 Å². The minimum absolute atomic E-state index is 0.388. The minimum atomic E-state index is 0.388. The van der Waals surface area contributed by atoms with E-state index in [4.69, 9.17) is 4.74 Å². The second-order valence-corrected chi connectivity index (χ2v) is 6.47. The first-order valence-corrected chi connectivity index (χ1v) is 8.24. The third-order valence-corrected chi connectivity index (χ3v) is 5.75. The maximum Gasteiger partial charge on any atom is 0.119 e. The van der Waals surface area contributed by atoms with E-state index in [1.807, 2.05) is 0 Å². The monoisotopic (exact) mass is 308 g/mol. The topological polar surface area (TPSA) is 9.23 Å². The number of hydrogen-bond acceptors (Lipinski definition) is 1. The lowest BCUT2D eigenvalue weighted by Crippen LogP contribution is -2.27. The van der Waals surface area contributed by atoms with Gasteiger partial charge in [-0.15, -0.1) is 0 Å². The first-order valence-electron chi connectivity index (χ1n) is 7.12. The van der Waals surface area contributed by atoms with Crippen LogP contribution in [0, 0.1) is 5.41 Å². The van der Waals surface area contributed by atoms with Crippen molar-refractivity contribution < 1.29 is 4.74 Å². The number of fused-ring (bicyclic) bond motifs is 1. The van der Waals surface area contributed by atoms with Crippen LogP contribution in [0.15, 0.2) is 18.2 Å². The molecule has 18 heavy (non-hydrogen) atoms. The molecule has 2 aliphatic rings. The largest absolute Gasteiger partial charge is 0.493 e. The summed E-state index contributed by atoms with van der Waals surface area (Å²) in [5.74, 6) is 1.07. The Morgan fingerprint density at radius 2 is 1.83 bits per heavy atom. The molecule has 3 rings (SSSR count). The molecule has 0 aromatic heterocycles. The van der Waals surface area contributed by atoms with Gasteiger partial charge in [0.25, 0.3) is 0 Å². The predicted molar refractivity (Wildman–Crippen MR) is 78.7 cm³/mol. The highest BCUT2D eigenvalue weighted by Crippen LogP contribution is 2.40. The van der Waals surface area contributed by atoms with Crippen LogP contribution in [0.4, 0.5) is 0 Å². The second-order valence-electron chi connectivity index (χ2n) is 5.91. The lowest BCUT2D eigenvalue weighted by Gasteiger charge is -2.26. The Morgan fingerprint density at radius 1 is 1.06 bits per heavy atom. The molecule has 0 spiro atoms. The van der Waals surface area contributed by atoms with Gasteiger partial charge in [0.15, 0.2) is 0 Å². The number of hydrogen-bond donors (Lipinski definition) is 0. The zero-order valence-electron chi connectivity index (χ0n) is 10.9. The Labute approximate surface area is 118 Å². The molecule has 0 bridgehead atoms. The summed E-state index contributed by atoms with van der Waals surface area (Å²) in [6.07, 6.45) is 9.13. The predicted octanol–water partition coefficient (Wildman–Crippen LogP) is 4.51. The molecule has 0 saturated heterocycles. The van der Waals surface area contributed by atoms with Gasteiger partial charge in [-0.3, -0.25) is 0 Å². The highest BCUT2D eigenvalue weighted by atomic mass is 79.9. The van der Waals surface area contributed by atoms with Gasteiger partial charge in [-0.05, 0) is 55.4 Å². The zero-order chi connectivity index (χ0) is 12.4. The van der Waals surface area contributed by atoms with Crippen LogP contribution in [-0.2, 0) is 12.8 Å². The smallest absolute Gasteiger partial charge is 0.119 e. The van der Waals surface area contributed by atoms with Gasteiger partial charge in [0, 0.05) is 10.7 Å². The lowest BCUT2D eigenvalue weighted by atomic mass is 9.90. The Balaban J connectivity index is 1.66. The van der Waals surface area contributed by atoms with E-state index in [0.29, 0.717) is 5.41 Å². The van der Waals surface area contributed by atoms with Crippen LogP contribution in [0.3, 0.4) is 0 Å². The van der Waals surface area contributed by atoms with Gasteiger partial charge in [-0.2, -0.15) is 0 Å². The van der Waals surface area contributed by atoms with Crippen LogP contribution < -0.4 is 4.74 Å². The van der Waals surface area contributed by atoms with Crippen molar-refractivity contribution in [1.29, 1.82) is 0 Å². The van der Waals surface area contributed by atoms with E-state index in [1.54, 1.807) is 0 Å². The van der Waals surface area contributed by atoms with Crippen LogP contribution in [-0.4, -0.2) is 11.9 Å². The van der Waals surface area contributed by atoms with E-state index < -0.39 is 0 Å². The highest BCUT2D eigenvalue weighted by molar-refractivity contribution is 9.09. The van der Waals surface area contributed by atoms with Gasteiger partial charge < -0.3 is 4.74 Å². The minimum Gasteiger partial charge on any atom is -0.493 e. The van der Waals surface area contributed by atoms with Crippen LogP contribution in [0.1, 0.15) is 43.2 Å².